The van der Waals surface area contributed by atoms with Crippen LogP contribution in [0.3, 0.4) is 0 Å². The summed E-state index contributed by atoms with van der Waals surface area (Å²) in [5.41, 5.74) is 18.2. The van der Waals surface area contributed by atoms with Crippen molar-refractivity contribution in [1.29, 1.82) is 0 Å². The summed E-state index contributed by atoms with van der Waals surface area (Å²) in [4.78, 5) is 7.41. The first-order valence-corrected chi connectivity index (χ1v) is 6.82. The van der Waals surface area contributed by atoms with Crippen LogP contribution < -0.4 is 5.73 Å². The molecule has 98 valence electrons. The topological polar surface area (TPSA) is 87.7 Å². The van der Waals surface area contributed by atoms with E-state index in [1.807, 2.05) is 37.3 Å². The van der Waals surface area contributed by atoms with Gasteiger partial charge in [0.25, 0.3) is 0 Å². The van der Waals surface area contributed by atoms with Crippen LogP contribution in [-0.4, -0.2) is 4.98 Å². The van der Waals surface area contributed by atoms with Crippen LogP contribution in [0.1, 0.15) is 5.56 Å². The first-order chi connectivity index (χ1) is 9.69. The van der Waals surface area contributed by atoms with Gasteiger partial charge >= 0.3 is 0 Å². The maximum absolute atomic E-state index is 8.60. The molecule has 5 nitrogen and oxygen atoms in total. The maximum atomic E-state index is 8.60. The summed E-state index contributed by atoms with van der Waals surface area (Å²) in [7, 11) is 0. The Labute approximate surface area is 119 Å². The minimum absolute atomic E-state index is 0.446. The van der Waals surface area contributed by atoms with Gasteiger partial charge in [0.15, 0.2) is 0 Å². The molecule has 0 fully saturated rings. The molecule has 0 amide bonds. The Morgan fingerprint density at radius 1 is 1.30 bits per heavy atom. The van der Waals surface area contributed by atoms with E-state index in [1.165, 1.54) is 0 Å². The van der Waals surface area contributed by atoms with E-state index in [-0.39, 0.29) is 0 Å². The predicted octanol–water partition coefficient (Wildman–Crippen LogP) is 4.80. The molecule has 3 rings (SSSR count). The summed E-state index contributed by atoms with van der Waals surface area (Å²) in [6.45, 7) is 1.89. The van der Waals surface area contributed by atoms with Gasteiger partial charge in [0.1, 0.15) is 5.01 Å². The number of rotatable bonds is 2. The average molecular weight is 281 g/mol. The SMILES string of the molecule is Cc1cc(-c2nc3ccccc3s2)cc(N=[N+]=[N-])c1N. The molecule has 0 spiro atoms. The summed E-state index contributed by atoms with van der Waals surface area (Å²) in [5.74, 6) is 0. The van der Waals surface area contributed by atoms with Crippen LogP contribution in [0.25, 0.3) is 31.2 Å². The molecule has 0 saturated carbocycles. The highest BCUT2D eigenvalue weighted by molar-refractivity contribution is 7.21. The van der Waals surface area contributed by atoms with Gasteiger partial charge in [-0.15, -0.1) is 11.3 Å². The van der Waals surface area contributed by atoms with Crippen molar-refractivity contribution < 1.29 is 0 Å². The molecule has 2 N–H and O–H groups in total. The van der Waals surface area contributed by atoms with Gasteiger partial charge in [-0.05, 0) is 42.3 Å². The second kappa shape index (κ2) is 4.85. The molecule has 0 atom stereocenters. The highest BCUT2D eigenvalue weighted by Crippen LogP contribution is 2.36. The lowest BCUT2D eigenvalue weighted by Crippen LogP contribution is -1.91. The van der Waals surface area contributed by atoms with E-state index in [4.69, 9.17) is 11.3 Å². The van der Waals surface area contributed by atoms with Crippen LogP contribution in [-0.2, 0) is 0 Å². The number of para-hydroxylation sites is 1. The van der Waals surface area contributed by atoms with E-state index in [9.17, 15) is 0 Å². The summed E-state index contributed by atoms with van der Waals surface area (Å²) in [6, 6.07) is 11.7. The third kappa shape index (κ3) is 2.07. The standard InChI is InChI=1S/C14H11N5S/c1-8-6-9(7-11(13(8)15)18-19-16)14-17-10-4-2-3-5-12(10)20-14/h2-7H,15H2,1H3. The summed E-state index contributed by atoms with van der Waals surface area (Å²) >= 11 is 1.61. The Balaban J connectivity index is 2.20. The number of benzene rings is 2. The zero-order valence-corrected chi connectivity index (χ0v) is 11.6. The lowest BCUT2D eigenvalue weighted by Gasteiger charge is -2.06. The number of aromatic nitrogens is 1. The van der Waals surface area contributed by atoms with Gasteiger partial charge in [0, 0.05) is 16.2 Å². The Bertz CT molecular complexity index is 813. The van der Waals surface area contributed by atoms with Crippen molar-refractivity contribution in [1.82, 2.24) is 4.98 Å². The Kier molecular flexibility index (Phi) is 3.02. The quantitative estimate of drug-likeness (QED) is 0.316. The second-order valence-corrected chi connectivity index (χ2v) is 5.43. The molecule has 0 aliphatic rings. The van der Waals surface area contributed by atoms with E-state index in [0.29, 0.717) is 11.4 Å². The van der Waals surface area contributed by atoms with Crippen molar-refractivity contribution in [2.45, 2.75) is 6.92 Å². The van der Waals surface area contributed by atoms with Crippen LogP contribution >= 0.6 is 11.3 Å². The smallest absolute Gasteiger partial charge is 0.124 e. The van der Waals surface area contributed by atoms with E-state index < -0.39 is 0 Å². The van der Waals surface area contributed by atoms with Crippen LogP contribution in [0.15, 0.2) is 41.5 Å². The van der Waals surface area contributed by atoms with Crippen molar-refractivity contribution in [3.05, 3.63) is 52.4 Å². The maximum Gasteiger partial charge on any atom is 0.124 e. The number of azide groups is 1. The first kappa shape index (κ1) is 12.5. The van der Waals surface area contributed by atoms with Crippen LogP contribution in [0, 0.1) is 6.92 Å². The van der Waals surface area contributed by atoms with Crippen molar-refractivity contribution in [3.63, 3.8) is 0 Å². The molecule has 0 unspecified atom stereocenters. The van der Waals surface area contributed by atoms with Crippen molar-refractivity contribution in [2.24, 2.45) is 5.11 Å². The number of hydrogen-bond donors (Lipinski definition) is 1. The van der Waals surface area contributed by atoms with Gasteiger partial charge in [-0.25, -0.2) is 4.98 Å². The number of aryl methyl sites for hydroxylation is 1. The van der Waals surface area contributed by atoms with Gasteiger partial charge in [0.2, 0.25) is 0 Å². The molecule has 0 radical (unpaired) electrons. The Hall–Kier alpha value is -2.56. The fraction of sp³-hybridized carbons (Fsp3) is 0.0714. The van der Waals surface area contributed by atoms with Gasteiger partial charge in [0.05, 0.1) is 15.9 Å². The van der Waals surface area contributed by atoms with E-state index in [2.05, 4.69) is 15.0 Å². The van der Waals surface area contributed by atoms with E-state index >= 15 is 0 Å². The van der Waals surface area contributed by atoms with E-state index in [1.54, 1.807) is 17.4 Å². The molecule has 0 saturated heterocycles. The lowest BCUT2D eigenvalue weighted by atomic mass is 10.1. The van der Waals surface area contributed by atoms with Gasteiger partial charge in [-0.1, -0.05) is 17.2 Å². The number of hydrogen-bond acceptors (Lipinski definition) is 4. The molecule has 1 heterocycles. The average Bonchev–Trinajstić information content (AvgIpc) is 2.87. The summed E-state index contributed by atoms with van der Waals surface area (Å²) in [5, 5.41) is 4.53. The van der Waals surface area contributed by atoms with E-state index in [0.717, 1.165) is 26.4 Å². The predicted molar refractivity (Wildman–Crippen MR) is 83.0 cm³/mol. The fourth-order valence-electron chi connectivity index (χ4n) is 2.03. The molecule has 0 aliphatic heterocycles. The van der Waals surface area contributed by atoms with Crippen LogP contribution in [0.2, 0.25) is 0 Å². The number of nitrogens with zero attached hydrogens (tertiary/aromatic N) is 4. The molecular weight excluding hydrogens is 270 g/mol. The Morgan fingerprint density at radius 3 is 2.85 bits per heavy atom. The number of thiazole rings is 1. The first-order valence-electron chi connectivity index (χ1n) is 6.00. The van der Waals surface area contributed by atoms with Crippen LogP contribution in [0.5, 0.6) is 0 Å². The van der Waals surface area contributed by atoms with Gasteiger partial charge in [-0.2, -0.15) is 0 Å². The molecule has 0 bridgehead atoms. The molecule has 3 aromatic rings. The third-order valence-corrected chi connectivity index (χ3v) is 4.14. The van der Waals surface area contributed by atoms with Crippen LogP contribution in [0.4, 0.5) is 11.4 Å². The molecular formula is C14H11N5S. The largest absolute Gasteiger partial charge is 0.398 e. The monoisotopic (exact) mass is 281 g/mol. The van der Waals surface area contributed by atoms with Crippen molar-refractivity contribution in [2.75, 3.05) is 5.73 Å². The number of fused-ring (bicyclic) bond motifs is 1. The second-order valence-electron chi connectivity index (χ2n) is 4.40. The number of nitrogens with two attached hydrogens (primary N) is 1. The number of nitrogen functional groups attached to an aromatic ring is 1. The Morgan fingerprint density at radius 2 is 2.10 bits per heavy atom. The third-order valence-electron chi connectivity index (χ3n) is 3.06. The summed E-state index contributed by atoms with van der Waals surface area (Å²) in [6.07, 6.45) is 0. The highest BCUT2D eigenvalue weighted by Gasteiger charge is 2.10. The molecule has 20 heavy (non-hydrogen) atoms. The molecule has 0 aliphatic carbocycles. The minimum Gasteiger partial charge on any atom is -0.398 e. The molecule has 6 heteroatoms. The minimum atomic E-state index is 0.446. The zero-order valence-electron chi connectivity index (χ0n) is 10.7. The normalized spacial score (nSPS) is 10.4. The van der Waals surface area contributed by atoms with Gasteiger partial charge in [-0.3, -0.25) is 0 Å². The van der Waals surface area contributed by atoms with Crippen molar-refractivity contribution >= 4 is 32.9 Å². The summed E-state index contributed by atoms with van der Waals surface area (Å²) < 4.78 is 1.13. The molecule has 2 aromatic carbocycles. The number of anilines is 1. The fourth-order valence-corrected chi connectivity index (χ4v) is 2.98. The zero-order chi connectivity index (χ0) is 14.1. The van der Waals surface area contributed by atoms with Crippen molar-refractivity contribution in [3.8, 4) is 10.6 Å². The molecule has 1 aromatic heterocycles. The lowest BCUT2D eigenvalue weighted by molar-refractivity contribution is 1.39. The highest BCUT2D eigenvalue weighted by atomic mass is 32.1. The van der Waals surface area contributed by atoms with Gasteiger partial charge < -0.3 is 5.73 Å².